The van der Waals surface area contributed by atoms with Gasteiger partial charge in [-0.05, 0) is 24.2 Å². The Bertz CT molecular complexity index is 62.4. The molecule has 0 radical (unpaired) electrons. The molecule has 0 aromatic rings. The van der Waals surface area contributed by atoms with E-state index < -0.39 is 0 Å². The summed E-state index contributed by atoms with van der Waals surface area (Å²) in [6, 6.07) is 0. The molecule has 0 aromatic carbocycles. The second-order valence-corrected chi connectivity index (χ2v) is 3.85. The van der Waals surface area contributed by atoms with Gasteiger partial charge < -0.3 is 0 Å². The number of rotatable bonds is 3. The van der Waals surface area contributed by atoms with E-state index in [1.165, 1.54) is 6.42 Å². The minimum absolute atomic E-state index is 0.854. The zero-order valence-corrected chi connectivity index (χ0v) is 11.4. The van der Waals surface area contributed by atoms with Gasteiger partial charge >= 0.3 is 0 Å². The first-order valence-electron chi connectivity index (χ1n) is 6.04. The second-order valence-electron chi connectivity index (χ2n) is 3.85. The Balaban J connectivity index is -0.000000218. The first-order chi connectivity index (χ1) is 6.04. The number of hydrogen-bond acceptors (Lipinski definition) is 0. The van der Waals surface area contributed by atoms with Crippen LogP contribution < -0.4 is 0 Å². The van der Waals surface area contributed by atoms with E-state index in [1.807, 2.05) is 27.7 Å². The molecule has 0 aliphatic heterocycles. The van der Waals surface area contributed by atoms with Crippen molar-refractivity contribution in [3.8, 4) is 0 Å². The van der Waals surface area contributed by atoms with Crippen LogP contribution in [0.5, 0.6) is 0 Å². The van der Waals surface area contributed by atoms with Crippen LogP contribution in [0.4, 0.5) is 0 Å². The van der Waals surface area contributed by atoms with Crippen molar-refractivity contribution in [1.82, 2.24) is 0 Å². The van der Waals surface area contributed by atoms with Crippen molar-refractivity contribution in [1.29, 1.82) is 0 Å². The van der Waals surface area contributed by atoms with E-state index >= 15 is 0 Å². The third-order valence-electron chi connectivity index (χ3n) is 1.98. The molecule has 0 saturated carbocycles. The van der Waals surface area contributed by atoms with Crippen molar-refractivity contribution in [2.24, 2.45) is 17.8 Å². The minimum atomic E-state index is 0.854. The van der Waals surface area contributed by atoms with Crippen LogP contribution >= 0.6 is 0 Å². The predicted molar refractivity (Wildman–Crippen MR) is 66.2 cm³/mol. The van der Waals surface area contributed by atoms with Crippen LogP contribution in [-0.4, -0.2) is 0 Å². The average molecular weight is 188 g/mol. The molecule has 13 heavy (non-hydrogen) atoms. The highest BCUT2D eigenvalue weighted by molar-refractivity contribution is 4.58. The van der Waals surface area contributed by atoms with E-state index in [2.05, 4.69) is 34.6 Å². The largest absolute Gasteiger partial charge is 0.0683 e. The summed E-state index contributed by atoms with van der Waals surface area (Å²) >= 11 is 0. The van der Waals surface area contributed by atoms with Gasteiger partial charge in [-0.25, -0.2) is 0 Å². The maximum atomic E-state index is 2.34. The van der Waals surface area contributed by atoms with E-state index in [0.717, 1.165) is 17.8 Å². The molecule has 0 aliphatic carbocycles. The maximum absolute atomic E-state index is 2.34. The van der Waals surface area contributed by atoms with Crippen LogP contribution in [0.3, 0.4) is 0 Å². The van der Waals surface area contributed by atoms with Crippen molar-refractivity contribution in [3.63, 3.8) is 0 Å². The average Bonchev–Trinajstić information content (AvgIpc) is 2.10. The van der Waals surface area contributed by atoms with Gasteiger partial charge in [-0.1, -0.05) is 62.3 Å². The van der Waals surface area contributed by atoms with Gasteiger partial charge in [0.05, 0.1) is 0 Å². The normalized spacial score (nSPS) is 11.3. The highest BCUT2D eigenvalue weighted by Crippen LogP contribution is 2.18. The SMILES string of the molecule is CC.CC.CC(C)CC(C)C(C)C. The Kier molecular flexibility index (Phi) is 20.9. The van der Waals surface area contributed by atoms with Crippen LogP contribution in [0, 0.1) is 17.8 Å². The van der Waals surface area contributed by atoms with Crippen LogP contribution in [-0.2, 0) is 0 Å². The first-order valence-corrected chi connectivity index (χ1v) is 6.04. The molecule has 0 saturated heterocycles. The molecule has 0 amide bonds. The van der Waals surface area contributed by atoms with Crippen LogP contribution in [0.15, 0.2) is 0 Å². The molecule has 0 aliphatic rings. The van der Waals surface area contributed by atoms with Gasteiger partial charge in [0.25, 0.3) is 0 Å². The molecular weight excluding hydrogens is 156 g/mol. The van der Waals surface area contributed by atoms with Crippen molar-refractivity contribution < 1.29 is 0 Å². The van der Waals surface area contributed by atoms with Gasteiger partial charge in [-0.15, -0.1) is 0 Å². The summed E-state index contributed by atoms with van der Waals surface area (Å²) in [4.78, 5) is 0. The molecule has 0 N–H and O–H groups in total. The van der Waals surface area contributed by atoms with Gasteiger partial charge in [0.2, 0.25) is 0 Å². The summed E-state index contributed by atoms with van der Waals surface area (Å²) in [5, 5.41) is 0. The molecule has 0 heteroatoms. The lowest BCUT2D eigenvalue weighted by molar-refractivity contribution is 0.344. The Hall–Kier alpha value is 0. The molecule has 84 valence electrons. The third-order valence-corrected chi connectivity index (χ3v) is 1.98. The molecule has 0 bridgehead atoms. The minimum Gasteiger partial charge on any atom is -0.0683 e. The van der Waals surface area contributed by atoms with Gasteiger partial charge in [0.15, 0.2) is 0 Å². The van der Waals surface area contributed by atoms with E-state index in [-0.39, 0.29) is 0 Å². The monoisotopic (exact) mass is 188 g/mol. The highest BCUT2D eigenvalue weighted by atomic mass is 14.1. The van der Waals surface area contributed by atoms with E-state index in [1.54, 1.807) is 0 Å². The summed E-state index contributed by atoms with van der Waals surface area (Å²) in [7, 11) is 0. The van der Waals surface area contributed by atoms with Crippen molar-refractivity contribution >= 4 is 0 Å². The fraction of sp³-hybridized carbons (Fsp3) is 1.00. The molecule has 0 spiro atoms. The van der Waals surface area contributed by atoms with E-state index in [4.69, 9.17) is 0 Å². The van der Waals surface area contributed by atoms with Gasteiger partial charge in [-0.3, -0.25) is 0 Å². The predicted octanol–water partition coefficient (Wildman–Crippen LogP) is 5.38. The number of hydrogen-bond donors (Lipinski definition) is 0. The fourth-order valence-corrected chi connectivity index (χ4v) is 1.02. The quantitative estimate of drug-likeness (QED) is 0.558. The second kappa shape index (κ2) is 14.5. The molecule has 0 aromatic heterocycles. The summed E-state index contributed by atoms with van der Waals surface area (Å²) in [6.45, 7) is 19.5. The first kappa shape index (κ1) is 18.7. The Morgan fingerprint density at radius 3 is 1.08 bits per heavy atom. The van der Waals surface area contributed by atoms with Crippen molar-refractivity contribution in [2.75, 3.05) is 0 Å². The molecule has 0 rings (SSSR count). The standard InChI is InChI=1S/C9H20.2C2H6/c1-7(2)6-9(5)8(3)4;2*1-2/h7-9H,6H2,1-5H3;2*1-2H3. The molecule has 0 heterocycles. The van der Waals surface area contributed by atoms with Gasteiger partial charge in [-0.2, -0.15) is 0 Å². The van der Waals surface area contributed by atoms with Crippen molar-refractivity contribution in [2.45, 2.75) is 68.7 Å². The van der Waals surface area contributed by atoms with Crippen LogP contribution in [0.1, 0.15) is 68.7 Å². The Morgan fingerprint density at radius 2 is 1.00 bits per heavy atom. The lowest BCUT2D eigenvalue weighted by Gasteiger charge is -2.16. The zero-order chi connectivity index (χ0) is 11.4. The third kappa shape index (κ3) is 18.8. The highest BCUT2D eigenvalue weighted by Gasteiger charge is 2.07. The van der Waals surface area contributed by atoms with Gasteiger partial charge in [0, 0.05) is 0 Å². The fourth-order valence-electron chi connectivity index (χ4n) is 1.02. The summed E-state index contributed by atoms with van der Waals surface area (Å²) in [6.07, 6.45) is 1.37. The molecule has 0 nitrogen and oxygen atoms in total. The lowest BCUT2D eigenvalue weighted by Crippen LogP contribution is -2.06. The van der Waals surface area contributed by atoms with Crippen LogP contribution in [0.2, 0.25) is 0 Å². The van der Waals surface area contributed by atoms with Gasteiger partial charge in [0.1, 0.15) is 0 Å². The summed E-state index contributed by atoms with van der Waals surface area (Å²) in [5.41, 5.74) is 0. The Morgan fingerprint density at radius 1 is 0.692 bits per heavy atom. The molecule has 0 fully saturated rings. The zero-order valence-electron chi connectivity index (χ0n) is 11.4. The molecular formula is C13H32. The van der Waals surface area contributed by atoms with E-state index in [9.17, 15) is 0 Å². The Labute approximate surface area is 87.1 Å². The topological polar surface area (TPSA) is 0 Å². The molecule has 1 unspecified atom stereocenters. The lowest BCUT2D eigenvalue weighted by atomic mass is 9.90. The summed E-state index contributed by atoms with van der Waals surface area (Å²) < 4.78 is 0. The maximum Gasteiger partial charge on any atom is -0.0417 e. The van der Waals surface area contributed by atoms with E-state index in [0.29, 0.717) is 0 Å². The van der Waals surface area contributed by atoms with Crippen molar-refractivity contribution in [3.05, 3.63) is 0 Å². The molecule has 1 atom stereocenters. The van der Waals surface area contributed by atoms with Crippen LogP contribution in [0.25, 0.3) is 0 Å². The summed E-state index contributed by atoms with van der Waals surface area (Å²) in [5.74, 6) is 2.61. The smallest absolute Gasteiger partial charge is 0.0417 e.